The maximum atomic E-state index is 11.9. The summed E-state index contributed by atoms with van der Waals surface area (Å²) in [4.78, 5) is 17.0. The lowest BCUT2D eigenvalue weighted by Crippen LogP contribution is -2.27. The highest BCUT2D eigenvalue weighted by molar-refractivity contribution is 6.31. The Morgan fingerprint density at radius 1 is 1.50 bits per heavy atom. The highest BCUT2D eigenvalue weighted by atomic mass is 35.5. The quantitative estimate of drug-likeness (QED) is 0.499. The number of nitrogens with one attached hydrogen (secondary N) is 1. The normalized spacial score (nSPS) is 12.8. The second-order valence-corrected chi connectivity index (χ2v) is 4.98. The molecule has 1 unspecified atom stereocenters. The summed E-state index contributed by atoms with van der Waals surface area (Å²) in [6, 6.07) is 8.43. The molecule has 1 amide bonds. The number of benzene rings is 1. The maximum Gasteiger partial charge on any atom is 0.269 e. The first-order valence-electron chi connectivity index (χ1n) is 6.45. The van der Waals surface area contributed by atoms with Crippen LogP contribution in [0.15, 0.2) is 40.0 Å². The van der Waals surface area contributed by atoms with E-state index in [1.165, 1.54) is 6.92 Å². The number of amidine groups is 1. The van der Waals surface area contributed by atoms with Crippen LogP contribution in [0.1, 0.15) is 18.2 Å². The highest BCUT2D eigenvalue weighted by Gasteiger charge is 2.16. The predicted octanol–water partition coefficient (Wildman–Crippen LogP) is 2.30. The zero-order valence-corrected chi connectivity index (χ0v) is 12.8. The van der Waals surface area contributed by atoms with E-state index in [1.807, 2.05) is 0 Å². The number of halogens is 1. The third kappa shape index (κ3) is 4.23. The molecule has 3 N–H and O–H groups in total. The van der Waals surface area contributed by atoms with Gasteiger partial charge in [0.1, 0.15) is 5.76 Å². The molecule has 1 aromatic carbocycles. The number of nitrogens with zero attached hydrogens (tertiary/aromatic N) is 2. The van der Waals surface area contributed by atoms with Crippen molar-refractivity contribution in [2.24, 2.45) is 10.9 Å². The molecule has 0 fully saturated rings. The van der Waals surface area contributed by atoms with E-state index in [1.54, 1.807) is 37.3 Å². The number of amides is 1. The van der Waals surface area contributed by atoms with Gasteiger partial charge in [-0.25, -0.2) is 0 Å². The average molecular weight is 323 g/mol. The molecule has 1 heterocycles. The van der Waals surface area contributed by atoms with Gasteiger partial charge in [-0.2, -0.15) is 0 Å². The van der Waals surface area contributed by atoms with Crippen LogP contribution in [-0.4, -0.2) is 23.0 Å². The number of hydrogen-bond acceptors (Lipinski definition) is 5. The van der Waals surface area contributed by atoms with Gasteiger partial charge in [-0.05, 0) is 26.0 Å². The minimum Gasteiger partial charge on any atom is -0.381 e. The largest absolute Gasteiger partial charge is 0.381 e. The van der Waals surface area contributed by atoms with Crippen LogP contribution in [-0.2, 0) is 9.63 Å². The Labute approximate surface area is 132 Å². The predicted molar refractivity (Wildman–Crippen MR) is 82.6 cm³/mol. The third-order valence-electron chi connectivity index (χ3n) is 2.68. The Hall–Kier alpha value is -2.54. The topological polar surface area (TPSA) is 103 Å². The Morgan fingerprint density at radius 3 is 2.91 bits per heavy atom. The van der Waals surface area contributed by atoms with Crippen molar-refractivity contribution in [2.75, 3.05) is 5.32 Å². The number of carbonyl (C=O) groups excluding carboxylic acids is 1. The van der Waals surface area contributed by atoms with Crippen molar-refractivity contribution in [3.63, 3.8) is 0 Å². The SMILES string of the molecule is Cc1cc(NC(=O)C(C)O/N=C(\N)c2cccc(Cl)c2)no1. The van der Waals surface area contributed by atoms with E-state index in [9.17, 15) is 4.79 Å². The fourth-order valence-corrected chi connectivity index (χ4v) is 1.73. The first-order chi connectivity index (χ1) is 10.5. The summed E-state index contributed by atoms with van der Waals surface area (Å²) < 4.78 is 4.85. The van der Waals surface area contributed by atoms with Crippen LogP contribution in [0.2, 0.25) is 5.02 Å². The molecule has 0 radical (unpaired) electrons. The van der Waals surface area contributed by atoms with Crippen molar-refractivity contribution in [3.8, 4) is 0 Å². The molecule has 0 spiro atoms. The fraction of sp³-hybridized carbons (Fsp3) is 0.214. The summed E-state index contributed by atoms with van der Waals surface area (Å²) in [5.74, 6) is 0.604. The van der Waals surface area contributed by atoms with Gasteiger partial charge < -0.3 is 20.4 Å². The van der Waals surface area contributed by atoms with Gasteiger partial charge in [0.15, 0.2) is 11.7 Å². The summed E-state index contributed by atoms with van der Waals surface area (Å²) in [7, 11) is 0. The fourth-order valence-electron chi connectivity index (χ4n) is 1.54. The molecule has 8 heteroatoms. The lowest BCUT2D eigenvalue weighted by molar-refractivity contribution is -0.126. The van der Waals surface area contributed by atoms with Gasteiger partial charge >= 0.3 is 0 Å². The Morgan fingerprint density at radius 2 is 2.27 bits per heavy atom. The number of anilines is 1. The van der Waals surface area contributed by atoms with E-state index in [0.29, 0.717) is 22.2 Å². The summed E-state index contributed by atoms with van der Waals surface area (Å²) in [5, 5.41) is 10.5. The molecule has 0 saturated carbocycles. The number of nitrogens with two attached hydrogens (primary N) is 1. The molecule has 22 heavy (non-hydrogen) atoms. The zero-order chi connectivity index (χ0) is 16.1. The van der Waals surface area contributed by atoms with E-state index >= 15 is 0 Å². The van der Waals surface area contributed by atoms with Crippen LogP contribution >= 0.6 is 11.6 Å². The molecule has 0 saturated heterocycles. The molecule has 1 atom stereocenters. The molecule has 116 valence electrons. The van der Waals surface area contributed by atoms with E-state index in [4.69, 9.17) is 26.7 Å². The maximum absolute atomic E-state index is 11.9. The second-order valence-electron chi connectivity index (χ2n) is 4.55. The highest BCUT2D eigenvalue weighted by Crippen LogP contribution is 2.11. The van der Waals surface area contributed by atoms with Crippen molar-refractivity contribution >= 4 is 29.2 Å². The summed E-state index contributed by atoms with van der Waals surface area (Å²) in [6.45, 7) is 3.26. The van der Waals surface area contributed by atoms with Crippen molar-refractivity contribution in [1.29, 1.82) is 0 Å². The smallest absolute Gasteiger partial charge is 0.269 e. The third-order valence-corrected chi connectivity index (χ3v) is 2.91. The van der Waals surface area contributed by atoms with Gasteiger partial charge in [-0.3, -0.25) is 4.79 Å². The van der Waals surface area contributed by atoms with Crippen LogP contribution < -0.4 is 11.1 Å². The van der Waals surface area contributed by atoms with E-state index in [-0.39, 0.29) is 5.84 Å². The Bertz CT molecular complexity index is 699. The van der Waals surface area contributed by atoms with Crippen molar-refractivity contribution in [3.05, 3.63) is 46.7 Å². The monoisotopic (exact) mass is 322 g/mol. The van der Waals surface area contributed by atoms with Crippen LogP contribution in [0.4, 0.5) is 5.82 Å². The van der Waals surface area contributed by atoms with Gasteiger partial charge in [0, 0.05) is 16.7 Å². The molecule has 2 rings (SSSR count). The van der Waals surface area contributed by atoms with Crippen LogP contribution in [0.5, 0.6) is 0 Å². The first-order valence-corrected chi connectivity index (χ1v) is 6.83. The number of aryl methyl sites for hydroxylation is 1. The number of aromatic nitrogens is 1. The Kier molecular flexibility index (Phi) is 5.00. The summed E-state index contributed by atoms with van der Waals surface area (Å²) in [6.07, 6.45) is -0.852. The van der Waals surface area contributed by atoms with Crippen molar-refractivity contribution < 1.29 is 14.2 Å². The summed E-state index contributed by atoms with van der Waals surface area (Å²) in [5.41, 5.74) is 6.38. The Balaban J connectivity index is 1.94. The van der Waals surface area contributed by atoms with Gasteiger partial charge in [-0.1, -0.05) is 34.0 Å². The molecular weight excluding hydrogens is 308 g/mol. The van der Waals surface area contributed by atoms with E-state index < -0.39 is 12.0 Å². The lowest BCUT2D eigenvalue weighted by atomic mass is 10.2. The van der Waals surface area contributed by atoms with E-state index in [2.05, 4.69) is 15.6 Å². The molecule has 0 aliphatic carbocycles. The first kappa shape index (κ1) is 15.8. The molecule has 0 aliphatic heterocycles. The molecule has 2 aromatic rings. The lowest BCUT2D eigenvalue weighted by Gasteiger charge is -2.09. The van der Waals surface area contributed by atoms with Gasteiger partial charge in [0.25, 0.3) is 5.91 Å². The average Bonchev–Trinajstić information content (AvgIpc) is 2.89. The summed E-state index contributed by atoms with van der Waals surface area (Å²) >= 11 is 5.86. The minimum absolute atomic E-state index is 0.124. The number of hydrogen-bond donors (Lipinski definition) is 2. The minimum atomic E-state index is -0.852. The van der Waals surface area contributed by atoms with Gasteiger partial charge in [-0.15, -0.1) is 0 Å². The molecule has 1 aromatic heterocycles. The molecule has 0 aliphatic rings. The number of oxime groups is 1. The zero-order valence-electron chi connectivity index (χ0n) is 12.0. The van der Waals surface area contributed by atoms with Crippen LogP contribution in [0, 0.1) is 6.92 Å². The van der Waals surface area contributed by atoms with Crippen LogP contribution in [0.25, 0.3) is 0 Å². The number of rotatable bonds is 5. The van der Waals surface area contributed by atoms with Crippen LogP contribution in [0.3, 0.4) is 0 Å². The van der Waals surface area contributed by atoms with Crippen molar-refractivity contribution in [1.82, 2.24) is 5.16 Å². The molecule has 7 nitrogen and oxygen atoms in total. The number of carbonyl (C=O) groups is 1. The van der Waals surface area contributed by atoms with E-state index in [0.717, 1.165) is 0 Å². The molecule has 0 bridgehead atoms. The second kappa shape index (κ2) is 6.95. The standard InChI is InChI=1S/C14H15ClN4O3/c1-8-6-12(18-21-8)17-14(20)9(2)22-19-13(16)10-4-3-5-11(15)7-10/h3-7,9H,1-2H3,(H2,16,19)(H,17,18,20). The molecular formula is C14H15ClN4O3. The van der Waals surface area contributed by atoms with Gasteiger partial charge in [0.05, 0.1) is 0 Å². The van der Waals surface area contributed by atoms with Crippen molar-refractivity contribution in [2.45, 2.75) is 20.0 Å². The van der Waals surface area contributed by atoms with Gasteiger partial charge in [0.2, 0.25) is 6.10 Å².